The predicted molar refractivity (Wildman–Crippen MR) is 94.9 cm³/mol. The minimum Gasteiger partial charge on any atom is -0.497 e. The molecule has 2 rings (SSSR count). The molecule has 138 valence electrons. The molecule has 1 heterocycles. The molecular weight excluding hydrogens is 322 g/mol. The summed E-state index contributed by atoms with van der Waals surface area (Å²) in [5.74, 6) is 0.633. The lowest BCUT2D eigenvalue weighted by atomic mass is 10.1. The zero-order valence-corrected chi connectivity index (χ0v) is 14.9. The van der Waals surface area contributed by atoms with Crippen LogP contribution in [0.25, 0.3) is 0 Å². The fourth-order valence-corrected chi connectivity index (χ4v) is 2.78. The van der Waals surface area contributed by atoms with Gasteiger partial charge in [0.15, 0.2) is 0 Å². The van der Waals surface area contributed by atoms with E-state index in [4.69, 9.17) is 9.47 Å². The number of amides is 2. The van der Waals surface area contributed by atoms with Gasteiger partial charge in [0.1, 0.15) is 5.75 Å². The largest absolute Gasteiger partial charge is 0.497 e. The molecule has 0 aromatic heterocycles. The summed E-state index contributed by atoms with van der Waals surface area (Å²) in [5.41, 5.74) is 0.614. The summed E-state index contributed by atoms with van der Waals surface area (Å²) in [6, 6.07) is 7.39. The van der Waals surface area contributed by atoms with E-state index in [0.29, 0.717) is 44.4 Å². The lowest BCUT2D eigenvalue weighted by Gasteiger charge is -2.31. The Balaban J connectivity index is 1.61. The first-order chi connectivity index (χ1) is 12.1. The van der Waals surface area contributed by atoms with Crippen molar-refractivity contribution in [2.75, 3.05) is 39.9 Å². The molecule has 7 heteroatoms. The Labute approximate surface area is 148 Å². The van der Waals surface area contributed by atoms with Crippen LogP contribution in [0.2, 0.25) is 0 Å². The zero-order chi connectivity index (χ0) is 18.1. The smallest absolute Gasteiger partial charge is 0.409 e. The van der Waals surface area contributed by atoms with Gasteiger partial charge in [0, 0.05) is 37.8 Å². The second-order valence-electron chi connectivity index (χ2n) is 5.90. The second-order valence-corrected chi connectivity index (χ2v) is 5.90. The Morgan fingerprint density at radius 1 is 1.16 bits per heavy atom. The third kappa shape index (κ3) is 5.94. The standard InChI is InChI=1S/C18H27N3O4/c1-3-25-18(23)21-12-8-15(9-13-21)19-10-11-20-17(22)14-4-6-16(24-2)7-5-14/h4-7,15,19H,3,8-13H2,1-2H3,(H,20,22). The lowest BCUT2D eigenvalue weighted by molar-refractivity contribution is 0.0931. The molecule has 2 N–H and O–H groups in total. The molecule has 0 spiro atoms. The maximum Gasteiger partial charge on any atom is 0.409 e. The van der Waals surface area contributed by atoms with Crippen LogP contribution in [0.1, 0.15) is 30.1 Å². The van der Waals surface area contributed by atoms with Crippen molar-refractivity contribution >= 4 is 12.0 Å². The molecule has 7 nitrogen and oxygen atoms in total. The highest BCUT2D eigenvalue weighted by atomic mass is 16.6. The number of piperidine rings is 1. The summed E-state index contributed by atoms with van der Waals surface area (Å²) in [5, 5.41) is 6.32. The van der Waals surface area contributed by atoms with E-state index >= 15 is 0 Å². The van der Waals surface area contributed by atoms with Gasteiger partial charge in [-0.1, -0.05) is 0 Å². The molecule has 0 aliphatic carbocycles. The number of hydrogen-bond donors (Lipinski definition) is 2. The van der Waals surface area contributed by atoms with Crippen molar-refractivity contribution in [2.24, 2.45) is 0 Å². The molecule has 1 saturated heterocycles. The van der Waals surface area contributed by atoms with Crippen molar-refractivity contribution in [3.8, 4) is 5.75 Å². The molecule has 0 unspecified atom stereocenters. The molecule has 1 aliphatic rings. The maximum absolute atomic E-state index is 12.0. The average Bonchev–Trinajstić information content (AvgIpc) is 2.65. The van der Waals surface area contributed by atoms with Crippen LogP contribution in [0.3, 0.4) is 0 Å². The number of methoxy groups -OCH3 is 1. The van der Waals surface area contributed by atoms with Crippen molar-refractivity contribution < 1.29 is 19.1 Å². The summed E-state index contributed by atoms with van der Waals surface area (Å²) in [6.07, 6.45) is 1.56. The number of ether oxygens (including phenoxy) is 2. The molecule has 1 aromatic rings. The normalized spacial score (nSPS) is 14.9. The zero-order valence-electron chi connectivity index (χ0n) is 14.9. The van der Waals surface area contributed by atoms with Crippen LogP contribution in [0, 0.1) is 0 Å². The van der Waals surface area contributed by atoms with Crippen LogP contribution >= 0.6 is 0 Å². The first-order valence-corrected chi connectivity index (χ1v) is 8.71. The molecule has 25 heavy (non-hydrogen) atoms. The SMILES string of the molecule is CCOC(=O)N1CCC(NCCNC(=O)c2ccc(OC)cc2)CC1. The number of likely N-dealkylation sites (tertiary alicyclic amines) is 1. The molecule has 1 aromatic carbocycles. The van der Waals surface area contributed by atoms with Gasteiger partial charge in [0.2, 0.25) is 0 Å². The van der Waals surface area contributed by atoms with E-state index < -0.39 is 0 Å². The minimum absolute atomic E-state index is 0.0958. The van der Waals surface area contributed by atoms with Crippen molar-refractivity contribution in [1.82, 2.24) is 15.5 Å². The van der Waals surface area contributed by atoms with Crippen LogP contribution in [0.5, 0.6) is 5.75 Å². The lowest BCUT2D eigenvalue weighted by Crippen LogP contribution is -2.46. The Kier molecular flexibility index (Phi) is 7.53. The first-order valence-electron chi connectivity index (χ1n) is 8.71. The number of nitrogens with one attached hydrogen (secondary N) is 2. The van der Waals surface area contributed by atoms with Crippen molar-refractivity contribution in [3.63, 3.8) is 0 Å². The highest BCUT2D eigenvalue weighted by Crippen LogP contribution is 2.12. The number of hydrogen-bond acceptors (Lipinski definition) is 5. The predicted octanol–water partition coefficient (Wildman–Crippen LogP) is 1.64. The van der Waals surface area contributed by atoms with E-state index in [-0.39, 0.29) is 12.0 Å². The van der Waals surface area contributed by atoms with Gasteiger partial charge in [-0.2, -0.15) is 0 Å². The Morgan fingerprint density at radius 2 is 1.84 bits per heavy atom. The van der Waals surface area contributed by atoms with Crippen molar-refractivity contribution in [2.45, 2.75) is 25.8 Å². The number of benzene rings is 1. The van der Waals surface area contributed by atoms with E-state index in [1.54, 1.807) is 36.3 Å². The molecular formula is C18H27N3O4. The topological polar surface area (TPSA) is 79.9 Å². The fourth-order valence-electron chi connectivity index (χ4n) is 2.78. The highest BCUT2D eigenvalue weighted by molar-refractivity contribution is 5.94. The summed E-state index contributed by atoms with van der Waals surface area (Å²) in [4.78, 5) is 25.4. The minimum atomic E-state index is -0.229. The van der Waals surface area contributed by atoms with Crippen molar-refractivity contribution in [3.05, 3.63) is 29.8 Å². The van der Waals surface area contributed by atoms with Gasteiger partial charge in [-0.15, -0.1) is 0 Å². The van der Waals surface area contributed by atoms with Crippen molar-refractivity contribution in [1.29, 1.82) is 0 Å². The molecule has 2 amide bonds. The molecule has 1 fully saturated rings. The second kappa shape index (κ2) is 9.88. The van der Waals surface area contributed by atoms with E-state index in [1.807, 2.05) is 6.92 Å². The molecule has 0 radical (unpaired) electrons. The summed E-state index contributed by atoms with van der Waals surface area (Å²) >= 11 is 0. The Hall–Kier alpha value is -2.28. The quantitative estimate of drug-likeness (QED) is 0.732. The number of carbonyl (C=O) groups is 2. The average molecular weight is 349 g/mol. The maximum atomic E-state index is 12.0. The first kappa shape index (κ1) is 19.1. The van der Waals surface area contributed by atoms with E-state index in [0.717, 1.165) is 18.6 Å². The number of rotatable bonds is 7. The molecule has 0 bridgehead atoms. The summed E-state index contributed by atoms with van der Waals surface area (Å²) < 4.78 is 10.1. The van der Waals surface area contributed by atoms with Gasteiger partial charge in [0.25, 0.3) is 5.91 Å². The monoisotopic (exact) mass is 349 g/mol. The Morgan fingerprint density at radius 3 is 2.44 bits per heavy atom. The van der Waals surface area contributed by atoms with Crippen LogP contribution in [-0.2, 0) is 4.74 Å². The van der Waals surface area contributed by atoms with Crippen LogP contribution < -0.4 is 15.4 Å². The number of nitrogens with zero attached hydrogens (tertiary/aromatic N) is 1. The van der Waals surface area contributed by atoms with Gasteiger partial charge < -0.3 is 25.0 Å². The highest BCUT2D eigenvalue weighted by Gasteiger charge is 2.22. The molecule has 0 atom stereocenters. The van der Waals surface area contributed by atoms with Gasteiger partial charge >= 0.3 is 6.09 Å². The van der Waals surface area contributed by atoms with Crippen LogP contribution in [0.15, 0.2) is 24.3 Å². The van der Waals surface area contributed by atoms with Crippen LogP contribution in [-0.4, -0.2) is 62.8 Å². The Bertz CT molecular complexity index is 554. The van der Waals surface area contributed by atoms with E-state index in [2.05, 4.69) is 10.6 Å². The van der Waals surface area contributed by atoms with Gasteiger partial charge in [-0.3, -0.25) is 4.79 Å². The number of carbonyl (C=O) groups excluding carboxylic acids is 2. The van der Waals surface area contributed by atoms with Gasteiger partial charge in [0.05, 0.1) is 13.7 Å². The summed E-state index contributed by atoms with van der Waals surface area (Å²) in [7, 11) is 1.60. The molecule has 1 aliphatic heterocycles. The third-order valence-corrected chi connectivity index (χ3v) is 4.22. The fraction of sp³-hybridized carbons (Fsp3) is 0.556. The van der Waals surface area contributed by atoms with E-state index in [1.165, 1.54) is 0 Å². The van der Waals surface area contributed by atoms with E-state index in [9.17, 15) is 9.59 Å². The van der Waals surface area contributed by atoms with Gasteiger partial charge in [-0.25, -0.2) is 4.79 Å². The molecule has 0 saturated carbocycles. The van der Waals surface area contributed by atoms with Crippen LogP contribution in [0.4, 0.5) is 4.79 Å². The third-order valence-electron chi connectivity index (χ3n) is 4.22. The van der Waals surface area contributed by atoms with Gasteiger partial charge in [-0.05, 0) is 44.0 Å². The summed E-state index contributed by atoms with van der Waals surface area (Å²) in [6.45, 7) is 4.88.